The molecule has 2 rings (SSSR count). The second kappa shape index (κ2) is 5.79. The highest BCUT2D eigenvalue weighted by Crippen LogP contribution is 2.49. The predicted molar refractivity (Wildman–Crippen MR) is 79.5 cm³/mol. The van der Waals surface area contributed by atoms with Crippen LogP contribution >= 0.6 is 15.9 Å². The minimum Gasteiger partial charge on any atom is -0.480 e. The number of hydrogen-bond acceptors (Lipinski definition) is 2. The van der Waals surface area contributed by atoms with Gasteiger partial charge in [-0.05, 0) is 30.5 Å². The topological polar surface area (TPSA) is 57.6 Å². The van der Waals surface area contributed by atoms with Crippen LogP contribution in [0.5, 0.6) is 0 Å². The maximum atomic E-state index is 12.6. The number of aliphatic carboxylic acids is 1. The molecule has 20 heavy (non-hydrogen) atoms. The molecule has 1 N–H and O–H groups in total. The van der Waals surface area contributed by atoms with Gasteiger partial charge in [0.25, 0.3) is 0 Å². The number of rotatable bonds is 6. The van der Waals surface area contributed by atoms with Crippen LogP contribution in [0.3, 0.4) is 0 Å². The Labute approximate surface area is 126 Å². The van der Waals surface area contributed by atoms with Gasteiger partial charge in [0.05, 0.1) is 5.41 Å². The summed E-state index contributed by atoms with van der Waals surface area (Å²) in [7, 11) is 0. The Morgan fingerprint density at radius 1 is 1.35 bits per heavy atom. The summed E-state index contributed by atoms with van der Waals surface area (Å²) in [4.78, 5) is 24.9. The molecule has 1 aliphatic carbocycles. The summed E-state index contributed by atoms with van der Waals surface area (Å²) in [5.74, 6) is -1.13. The van der Waals surface area contributed by atoms with Crippen LogP contribution in [0.2, 0.25) is 0 Å². The molecular weight excluding hydrogens is 322 g/mol. The summed E-state index contributed by atoms with van der Waals surface area (Å²) in [6.45, 7) is 3.55. The van der Waals surface area contributed by atoms with Crippen LogP contribution in [0.4, 0.5) is 0 Å². The average Bonchev–Trinajstić information content (AvgIpc) is 3.19. The Morgan fingerprint density at radius 3 is 2.40 bits per heavy atom. The van der Waals surface area contributed by atoms with E-state index in [0.717, 1.165) is 22.9 Å². The predicted octanol–water partition coefficient (Wildman–Crippen LogP) is 2.58. The van der Waals surface area contributed by atoms with Gasteiger partial charge in [0.1, 0.15) is 6.54 Å². The molecular formula is C15H16BrNO3. The number of carbonyl (C=O) groups is 2. The highest BCUT2D eigenvalue weighted by atomic mass is 79.9. The van der Waals surface area contributed by atoms with Crippen molar-refractivity contribution in [3.05, 3.63) is 47.0 Å². The van der Waals surface area contributed by atoms with Gasteiger partial charge in [-0.2, -0.15) is 0 Å². The van der Waals surface area contributed by atoms with Gasteiger partial charge < -0.3 is 10.0 Å². The van der Waals surface area contributed by atoms with Crippen LogP contribution in [0.25, 0.3) is 0 Å². The fourth-order valence-electron chi connectivity index (χ4n) is 2.36. The zero-order chi connectivity index (χ0) is 14.8. The molecule has 0 saturated heterocycles. The van der Waals surface area contributed by atoms with Crippen LogP contribution in [0.15, 0.2) is 41.4 Å². The maximum Gasteiger partial charge on any atom is 0.323 e. The zero-order valence-corrected chi connectivity index (χ0v) is 12.6. The molecule has 5 heteroatoms. The van der Waals surface area contributed by atoms with E-state index in [1.807, 2.05) is 24.3 Å². The highest BCUT2D eigenvalue weighted by molar-refractivity contribution is 9.10. The number of carbonyl (C=O) groups excluding carboxylic acids is 1. The molecule has 0 spiro atoms. The van der Waals surface area contributed by atoms with E-state index < -0.39 is 11.4 Å². The monoisotopic (exact) mass is 337 g/mol. The lowest BCUT2D eigenvalue weighted by atomic mass is 9.94. The van der Waals surface area contributed by atoms with Crippen molar-refractivity contribution in [1.29, 1.82) is 0 Å². The van der Waals surface area contributed by atoms with Gasteiger partial charge in [-0.3, -0.25) is 9.59 Å². The Balaban J connectivity index is 2.23. The Bertz CT molecular complexity index is 535. The van der Waals surface area contributed by atoms with Crippen molar-refractivity contribution in [2.24, 2.45) is 0 Å². The Hall–Kier alpha value is -1.62. The molecule has 0 radical (unpaired) electrons. The molecule has 0 unspecified atom stereocenters. The molecule has 0 aliphatic heterocycles. The first kappa shape index (κ1) is 14.8. The molecule has 0 aromatic heterocycles. The summed E-state index contributed by atoms with van der Waals surface area (Å²) in [5.41, 5.74) is 0.407. The quantitative estimate of drug-likeness (QED) is 0.811. The lowest BCUT2D eigenvalue weighted by Crippen LogP contribution is -2.42. The van der Waals surface area contributed by atoms with E-state index in [0.29, 0.717) is 0 Å². The molecule has 0 atom stereocenters. The van der Waals surface area contributed by atoms with Crippen LogP contribution in [0, 0.1) is 0 Å². The van der Waals surface area contributed by atoms with Crippen LogP contribution in [0.1, 0.15) is 18.4 Å². The third-order valence-electron chi connectivity index (χ3n) is 3.52. The van der Waals surface area contributed by atoms with E-state index >= 15 is 0 Å². The van der Waals surface area contributed by atoms with Crippen molar-refractivity contribution in [3.8, 4) is 0 Å². The van der Waals surface area contributed by atoms with E-state index in [1.165, 1.54) is 4.90 Å². The summed E-state index contributed by atoms with van der Waals surface area (Å²) in [5, 5.41) is 8.92. The smallest absolute Gasteiger partial charge is 0.323 e. The normalized spacial score (nSPS) is 15.4. The van der Waals surface area contributed by atoms with Gasteiger partial charge in [-0.15, -0.1) is 6.58 Å². The summed E-state index contributed by atoms with van der Waals surface area (Å²) in [6, 6.07) is 7.64. The van der Waals surface area contributed by atoms with Gasteiger partial charge in [-0.1, -0.05) is 34.1 Å². The number of carboxylic acids is 1. The van der Waals surface area contributed by atoms with Gasteiger partial charge in [0, 0.05) is 11.0 Å². The molecule has 1 saturated carbocycles. The second-order valence-corrected chi connectivity index (χ2v) is 5.87. The molecule has 1 aromatic carbocycles. The van der Waals surface area contributed by atoms with E-state index in [1.54, 1.807) is 6.08 Å². The van der Waals surface area contributed by atoms with Gasteiger partial charge in [0.2, 0.25) is 5.91 Å². The number of halogens is 1. The van der Waals surface area contributed by atoms with Crippen LogP contribution in [-0.4, -0.2) is 35.0 Å². The summed E-state index contributed by atoms with van der Waals surface area (Å²) >= 11 is 3.37. The van der Waals surface area contributed by atoms with Gasteiger partial charge in [0.15, 0.2) is 0 Å². The van der Waals surface area contributed by atoms with Crippen molar-refractivity contribution in [1.82, 2.24) is 4.90 Å². The van der Waals surface area contributed by atoms with E-state index in [4.69, 9.17) is 5.11 Å². The fraction of sp³-hybridized carbons (Fsp3) is 0.333. The number of hydrogen-bond donors (Lipinski definition) is 1. The van der Waals surface area contributed by atoms with Crippen molar-refractivity contribution in [2.75, 3.05) is 13.1 Å². The first-order valence-corrected chi connectivity index (χ1v) is 7.17. The number of nitrogens with zero attached hydrogens (tertiary/aromatic N) is 1. The molecule has 1 aromatic rings. The fourth-order valence-corrected chi connectivity index (χ4v) is 2.63. The maximum absolute atomic E-state index is 12.6. The highest BCUT2D eigenvalue weighted by Gasteiger charge is 2.53. The van der Waals surface area contributed by atoms with Crippen LogP contribution in [-0.2, 0) is 15.0 Å². The standard InChI is InChI=1S/C15H16BrNO3/c1-2-9-17(10-13(18)19)14(20)15(7-8-15)11-3-5-12(16)6-4-11/h2-6H,1,7-10H2,(H,18,19). The molecule has 1 aliphatic rings. The largest absolute Gasteiger partial charge is 0.480 e. The third kappa shape index (κ3) is 2.93. The molecule has 1 fully saturated rings. The van der Waals surface area contributed by atoms with Crippen molar-refractivity contribution in [2.45, 2.75) is 18.3 Å². The summed E-state index contributed by atoms with van der Waals surface area (Å²) in [6.07, 6.45) is 3.08. The number of benzene rings is 1. The number of carboxylic acid groups (broad SMARTS) is 1. The molecule has 106 valence electrons. The second-order valence-electron chi connectivity index (χ2n) is 4.96. The molecule has 4 nitrogen and oxygen atoms in total. The third-order valence-corrected chi connectivity index (χ3v) is 4.05. The Morgan fingerprint density at radius 2 is 1.95 bits per heavy atom. The van der Waals surface area contributed by atoms with E-state index in [9.17, 15) is 9.59 Å². The summed E-state index contributed by atoms with van der Waals surface area (Å²) < 4.78 is 0.956. The lowest BCUT2D eigenvalue weighted by molar-refractivity contribution is -0.145. The minimum atomic E-state index is -1.01. The van der Waals surface area contributed by atoms with Crippen molar-refractivity contribution in [3.63, 3.8) is 0 Å². The van der Waals surface area contributed by atoms with Gasteiger partial charge in [-0.25, -0.2) is 0 Å². The SMILES string of the molecule is C=CCN(CC(=O)O)C(=O)C1(c2ccc(Br)cc2)CC1. The number of amides is 1. The lowest BCUT2D eigenvalue weighted by Gasteiger charge is -2.25. The van der Waals surface area contributed by atoms with E-state index in [-0.39, 0.29) is 19.0 Å². The first-order valence-electron chi connectivity index (χ1n) is 6.38. The molecule has 0 bridgehead atoms. The average molecular weight is 338 g/mol. The zero-order valence-electron chi connectivity index (χ0n) is 11.0. The van der Waals surface area contributed by atoms with E-state index in [2.05, 4.69) is 22.5 Å². The first-order chi connectivity index (χ1) is 9.49. The minimum absolute atomic E-state index is 0.123. The Kier molecular flexibility index (Phi) is 4.28. The van der Waals surface area contributed by atoms with Crippen molar-refractivity contribution < 1.29 is 14.7 Å². The van der Waals surface area contributed by atoms with Crippen LogP contribution < -0.4 is 0 Å². The molecule has 0 heterocycles. The molecule has 1 amide bonds. The van der Waals surface area contributed by atoms with Gasteiger partial charge >= 0.3 is 5.97 Å². The van der Waals surface area contributed by atoms with Crippen molar-refractivity contribution >= 4 is 27.8 Å².